The monoisotopic (exact) mass is 727 g/mol. The molecular formula is C36H45F3N7O4P. The summed E-state index contributed by atoms with van der Waals surface area (Å²) >= 11 is 0. The zero-order chi connectivity index (χ0) is 36.3. The Morgan fingerprint density at radius 3 is 2.43 bits per heavy atom. The van der Waals surface area contributed by atoms with Crippen LogP contribution in [0.5, 0.6) is 5.75 Å². The highest BCUT2D eigenvalue weighted by atomic mass is 31.1. The average molecular weight is 728 g/mol. The fourth-order valence-electron chi connectivity index (χ4n) is 7.40. The van der Waals surface area contributed by atoms with E-state index in [1.807, 2.05) is 30.0 Å². The predicted molar refractivity (Wildman–Crippen MR) is 191 cm³/mol. The molecule has 1 saturated carbocycles. The number of nitrogens with one attached hydrogen (secondary N) is 2. The number of piperazine rings is 1. The van der Waals surface area contributed by atoms with E-state index < -0.39 is 17.6 Å². The summed E-state index contributed by atoms with van der Waals surface area (Å²) < 4.78 is 53.8. The summed E-state index contributed by atoms with van der Waals surface area (Å²) in [6.07, 6.45) is 0.614. The van der Waals surface area contributed by atoms with Crippen molar-refractivity contribution in [2.45, 2.75) is 70.4 Å². The van der Waals surface area contributed by atoms with Crippen LogP contribution in [-0.4, -0.2) is 89.5 Å². The Balaban J connectivity index is 1.22. The van der Waals surface area contributed by atoms with Crippen LogP contribution in [0.2, 0.25) is 0 Å². The maximum atomic E-state index is 14.3. The van der Waals surface area contributed by atoms with Gasteiger partial charge in [-0.3, -0.25) is 14.5 Å². The van der Waals surface area contributed by atoms with Crippen molar-refractivity contribution in [1.29, 1.82) is 0 Å². The third-order valence-electron chi connectivity index (χ3n) is 10.1. The Morgan fingerprint density at radius 1 is 1.04 bits per heavy atom. The lowest BCUT2D eigenvalue weighted by Crippen LogP contribution is -2.52. The van der Waals surface area contributed by atoms with Gasteiger partial charge in [-0.2, -0.15) is 18.2 Å². The van der Waals surface area contributed by atoms with E-state index in [2.05, 4.69) is 25.5 Å². The average Bonchev–Trinajstić information content (AvgIpc) is 3.42. The summed E-state index contributed by atoms with van der Waals surface area (Å²) in [5.74, 6) is 0.0660. The van der Waals surface area contributed by atoms with E-state index in [-0.39, 0.29) is 29.4 Å². The van der Waals surface area contributed by atoms with Crippen LogP contribution < -0.4 is 15.4 Å². The number of amides is 2. The van der Waals surface area contributed by atoms with Gasteiger partial charge in [0.15, 0.2) is 0 Å². The van der Waals surface area contributed by atoms with E-state index in [0.29, 0.717) is 51.2 Å². The number of benzene rings is 2. The molecule has 3 aliphatic rings. The number of alkyl halides is 3. The summed E-state index contributed by atoms with van der Waals surface area (Å²) in [6.45, 7) is 7.81. The van der Waals surface area contributed by atoms with Crippen molar-refractivity contribution in [3.63, 3.8) is 0 Å². The molecule has 6 rings (SSSR count). The molecule has 1 aliphatic carbocycles. The van der Waals surface area contributed by atoms with Crippen molar-refractivity contribution in [3.8, 4) is 5.75 Å². The minimum Gasteiger partial charge on any atom is -0.495 e. The van der Waals surface area contributed by atoms with Crippen LogP contribution in [0.3, 0.4) is 0 Å². The second-order valence-corrected chi connectivity index (χ2v) is 14.2. The Kier molecular flexibility index (Phi) is 11.3. The van der Waals surface area contributed by atoms with Crippen LogP contribution in [0.15, 0.2) is 36.5 Å². The number of methoxy groups -OCH3 is 1. The highest BCUT2D eigenvalue weighted by Crippen LogP contribution is 2.43. The number of fused-ring (bicyclic) bond motifs is 1. The fraction of sp³-hybridized carbons (Fsp3) is 0.500. The normalized spacial score (nSPS) is 19.9. The van der Waals surface area contributed by atoms with Gasteiger partial charge in [0.2, 0.25) is 11.9 Å². The van der Waals surface area contributed by atoms with E-state index in [1.54, 1.807) is 31.0 Å². The third kappa shape index (κ3) is 8.23. The molecule has 2 N–H and O–H groups in total. The molecule has 2 aliphatic heterocycles. The molecule has 0 spiro atoms. The van der Waals surface area contributed by atoms with Gasteiger partial charge in [0, 0.05) is 80.5 Å². The highest BCUT2D eigenvalue weighted by molar-refractivity contribution is 7.31. The van der Waals surface area contributed by atoms with Crippen LogP contribution in [0.1, 0.15) is 78.1 Å². The first kappa shape index (κ1) is 36.8. The van der Waals surface area contributed by atoms with Gasteiger partial charge in [-0.05, 0) is 73.4 Å². The number of carbonyl (C=O) groups excluding carboxylic acids is 2. The quantitative estimate of drug-likeness (QED) is 0.161. The summed E-state index contributed by atoms with van der Waals surface area (Å²) in [4.78, 5) is 39.5. The molecule has 11 nitrogen and oxygen atoms in total. The molecule has 1 atom stereocenters. The molecule has 2 aromatic carbocycles. The van der Waals surface area contributed by atoms with Gasteiger partial charge in [-0.25, -0.2) is 4.98 Å². The molecule has 2 amide bonds. The van der Waals surface area contributed by atoms with Gasteiger partial charge < -0.3 is 29.7 Å². The van der Waals surface area contributed by atoms with Crippen molar-refractivity contribution >= 4 is 43.8 Å². The molecule has 1 unspecified atom stereocenters. The van der Waals surface area contributed by atoms with Gasteiger partial charge in [-0.15, -0.1) is 0 Å². The van der Waals surface area contributed by atoms with E-state index in [4.69, 9.17) is 9.26 Å². The first-order chi connectivity index (χ1) is 24.5. The van der Waals surface area contributed by atoms with Crippen molar-refractivity contribution in [2.24, 2.45) is 0 Å². The lowest BCUT2D eigenvalue weighted by atomic mass is 9.78. The standard InChI is InChI=1S/C36H45F3N7O4P/c1-5-50-51-21-23-6-12-29(31(18-23)49-4)42-35-40-19-28(36(37,38)39)33(43-35)41-30-13-11-26(27-20-44(3)34(48)32(27)30)24-7-9-25(10-8-24)46-16-14-45(15-17-46)22(2)47/h6,11-13,18-19,24-25,51H,5,7-10,14-17,20-21H2,1-4H3,(H2,40,41,42,43). The minimum atomic E-state index is -4.75. The molecule has 0 radical (unpaired) electrons. The van der Waals surface area contributed by atoms with Crippen LogP contribution in [0.4, 0.5) is 36.3 Å². The van der Waals surface area contributed by atoms with E-state index in [9.17, 15) is 22.8 Å². The number of hydrogen-bond acceptors (Lipinski definition) is 9. The Hall–Kier alpha value is -4.00. The topological polar surface area (TPSA) is 112 Å². The number of carbonyl (C=O) groups is 2. The number of ether oxygens (including phenoxy) is 1. The van der Waals surface area contributed by atoms with Gasteiger partial charge in [0.25, 0.3) is 5.91 Å². The Morgan fingerprint density at radius 2 is 1.76 bits per heavy atom. The molecular weight excluding hydrogens is 682 g/mol. The van der Waals surface area contributed by atoms with Crippen LogP contribution in [-0.2, 0) is 28.2 Å². The predicted octanol–water partition coefficient (Wildman–Crippen LogP) is 6.90. The van der Waals surface area contributed by atoms with Crippen molar-refractivity contribution in [3.05, 3.63) is 64.3 Å². The number of aromatic nitrogens is 2. The molecule has 1 saturated heterocycles. The van der Waals surface area contributed by atoms with E-state index in [0.717, 1.165) is 74.7 Å². The number of anilines is 4. The Bertz CT molecular complexity index is 1740. The smallest absolute Gasteiger partial charge is 0.421 e. The van der Waals surface area contributed by atoms with Gasteiger partial charge in [0.1, 0.15) is 17.1 Å². The van der Waals surface area contributed by atoms with Crippen molar-refractivity contribution in [1.82, 2.24) is 24.7 Å². The molecule has 1 aromatic heterocycles. The van der Waals surface area contributed by atoms with E-state index in [1.165, 1.54) is 7.11 Å². The van der Waals surface area contributed by atoms with Gasteiger partial charge in [-0.1, -0.05) is 12.1 Å². The van der Waals surface area contributed by atoms with E-state index >= 15 is 0 Å². The van der Waals surface area contributed by atoms with Crippen molar-refractivity contribution in [2.75, 3.05) is 57.6 Å². The fourth-order valence-corrected chi connectivity index (χ4v) is 8.09. The maximum absolute atomic E-state index is 14.3. The number of rotatable bonds is 11. The summed E-state index contributed by atoms with van der Waals surface area (Å²) in [7, 11) is 3.52. The molecule has 15 heteroatoms. The first-order valence-electron chi connectivity index (χ1n) is 17.4. The van der Waals surface area contributed by atoms with Crippen LogP contribution in [0, 0.1) is 0 Å². The zero-order valence-electron chi connectivity index (χ0n) is 29.4. The van der Waals surface area contributed by atoms with Gasteiger partial charge in [0.05, 0.1) is 24.0 Å². The lowest BCUT2D eigenvalue weighted by Gasteiger charge is -2.42. The molecule has 274 valence electrons. The molecule has 0 bridgehead atoms. The first-order valence-corrected chi connectivity index (χ1v) is 18.5. The summed E-state index contributed by atoms with van der Waals surface area (Å²) in [5.41, 5.74) is 3.00. The number of hydrogen-bond donors (Lipinski definition) is 2. The molecule has 51 heavy (non-hydrogen) atoms. The Labute approximate surface area is 298 Å². The van der Waals surface area contributed by atoms with Crippen LogP contribution in [0.25, 0.3) is 0 Å². The number of nitrogens with zero attached hydrogens (tertiary/aromatic N) is 5. The van der Waals surface area contributed by atoms with Gasteiger partial charge >= 0.3 is 6.18 Å². The zero-order valence-corrected chi connectivity index (χ0v) is 30.4. The highest BCUT2D eigenvalue weighted by Gasteiger charge is 2.38. The lowest BCUT2D eigenvalue weighted by molar-refractivity contribution is -0.137. The second-order valence-electron chi connectivity index (χ2n) is 13.3. The van der Waals surface area contributed by atoms with Crippen LogP contribution >= 0.6 is 8.81 Å². The molecule has 3 heterocycles. The van der Waals surface area contributed by atoms with Crippen molar-refractivity contribution < 1.29 is 32.0 Å². The molecule has 2 fully saturated rings. The molecule has 3 aromatic rings. The summed E-state index contributed by atoms with van der Waals surface area (Å²) in [6, 6.07) is 9.60. The minimum absolute atomic E-state index is 0.0658. The summed E-state index contributed by atoms with van der Waals surface area (Å²) in [5, 5.41) is 5.87. The second kappa shape index (κ2) is 15.7. The maximum Gasteiger partial charge on any atom is 0.421 e. The SMILES string of the molecule is CCOPCc1ccc(Nc2ncc(C(F)(F)F)c(Nc3ccc(C4CCC(N5CCN(C(C)=O)CC5)CC4)c4c3C(=O)N(C)C4)n2)c(OC)c1. The third-order valence-corrected chi connectivity index (χ3v) is 11.1. The number of halogens is 3. The largest absolute Gasteiger partial charge is 0.495 e.